The molecule has 1 fully saturated rings. The molecule has 0 spiro atoms. The molecule has 6 rings (SSSR count). The van der Waals surface area contributed by atoms with Gasteiger partial charge in [0.25, 0.3) is 5.56 Å². The number of hydrogen-bond donors (Lipinski definition) is 2. The van der Waals surface area contributed by atoms with Crippen LogP contribution in [0.4, 0.5) is 5.95 Å². The van der Waals surface area contributed by atoms with Gasteiger partial charge in [0.15, 0.2) is 32.0 Å². The van der Waals surface area contributed by atoms with Crippen molar-refractivity contribution in [2.45, 2.75) is 107 Å². The lowest BCUT2D eigenvalue weighted by Gasteiger charge is -2.52. The first-order chi connectivity index (χ1) is 28.0. The summed E-state index contributed by atoms with van der Waals surface area (Å²) in [5.41, 5.74) is 1.06. The van der Waals surface area contributed by atoms with Crippen LogP contribution in [0.15, 0.2) is 83.7 Å². The normalized spacial score (nSPS) is 20.3. The maximum absolute atomic E-state index is 14.6. The van der Waals surface area contributed by atoms with E-state index in [1.807, 2.05) is 78.9 Å². The summed E-state index contributed by atoms with van der Waals surface area (Å²) >= 11 is 0. The van der Waals surface area contributed by atoms with Crippen molar-refractivity contribution in [1.29, 1.82) is 0 Å². The molecule has 1 aliphatic heterocycles. The van der Waals surface area contributed by atoms with Crippen molar-refractivity contribution >= 4 is 39.8 Å². The molecule has 60 heavy (non-hydrogen) atoms. The smallest absolute Gasteiger partial charge is 0.300 e. The third-order valence-electron chi connectivity index (χ3n) is 13.5. The highest BCUT2D eigenvalue weighted by molar-refractivity contribution is 6.83. The Hall–Kier alpha value is -4.81. The second-order valence-corrected chi connectivity index (χ2v) is 29.0. The molecular weight excluding hydrogens is 795 g/mol. The summed E-state index contributed by atoms with van der Waals surface area (Å²) < 4.78 is 33.9. The van der Waals surface area contributed by atoms with Gasteiger partial charge >= 0.3 is 6.01 Å². The molecule has 0 radical (unpaired) electrons. The van der Waals surface area contributed by atoms with Crippen LogP contribution in [-0.4, -0.2) is 85.6 Å². The molecule has 3 heterocycles. The summed E-state index contributed by atoms with van der Waals surface area (Å²) in [6.07, 6.45) is -2.82. The molecule has 2 aromatic heterocycles. The van der Waals surface area contributed by atoms with Crippen molar-refractivity contribution in [3.8, 4) is 17.5 Å². The molecule has 1 saturated heterocycles. The number of nitrogens with zero attached hydrogens (tertiary/aromatic N) is 4. The zero-order valence-corrected chi connectivity index (χ0v) is 39.4. The first kappa shape index (κ1) is 44.7. The van der Waals surface area contributed by atoms with Gasteiger partial charge in [-0.25, -0.2) is 4.57 Å². The molecule has 3 aromatic carbocycles. The van der Waals surface area contributed by atoms with Crippen LogP contribution in [0.2, 0.25) is 36.3 Å². The van der Waals surface area contributed by atoms with Gasteiger partial charge in [0, 0.05) is 7.05 Å². The Kier molecular flexibility index (Phi) is 11.9. The largest absolute Gasteiger partial charge is 0.497 e. The predicted octanol–water partition coefficient (Wildman–Crippen LogP) is 7.83. The average molecular weight is 856 g/mol. The highest BCUT2D eigenvalue weighted by atomic mass is 28.4. The summed E-state index contributed by atoms with van der Waals surface area (Å²) in [5, 5.41) is 14.6. The number of fused-ring (bicyclic) bond motifs is 1. The van der Waals surface area contributed by atoms with Gasteiger partial charge in [-0.05, 0) is 64.1 Å². The Morgan fingerprint density at radius 3 is 1.75 bits per heavy atom. The molecule has 0 unspecified atom stereocenters. The van der Waals surface area contributed by atoms with Crippen LogP contribution in [0.3, 0.4) is 0 Å². The van der Waals surface area contributed by atoms with Gasteiger partial charge in [0.05, 0.1) is 29.4 Å². The molecule has 1 aliphatic rings. The van der Waals surface area contributed by atoms with Crippen molar-refractivity contribution in [3.05, 3.63) is 106 Å². The van der Waals surface area contributed by atoms with E-state index >= 15 is 0 Å². The highest BCUT2D eigenvalue weighted by Gasteiger charge is 2.69. The number of aldehydes is 1. The predicted molar refractivity (Wildman–Crippen MR) is 239 cm³/mol. The SMILES string of the molecule is COc1ccc(C(Nc2nc3c(nc(OC)n3[C@@H]3O[C@H](C=O)[C@](O)([Si](C)(C)C(C)(C)C)[C@H]3O[Si](C)(C)C(C)(C)C)c(=O)n2C)(c2ccccc2)c2ccc(OC)cc2)cc1. The Bertz CT molecular complexity index is 2340. The number of ether oxygens (including phenoxy) is 4. The zero-order chi connectivity index (χ0) is 44.2. The Morgan fingerprint density at radius 2 is 1.30 bits per heavy atom. The second kappa shape index (κ2) is 15.9. The van der Waals surface area contributed by atoms with Crippen LogP contribution in [0.1, 0.15) is 64.5 Å². The first-order valence-corrected chi connectivity index (χ1v) is 26.1. The quantitative estimate of drug-likeness (QED) is 0.0679. The number of imidazole rings is 1. The van der Waals surface area contributed by atoms with Crippen molar-refractivity contribution in [2.75, 3.05) is 26.6 Å². The fourth-order valence-electron chi connectivity index (χ4n) is 7.82. The standard InChI is InChI=1S/C45H61N5O8Si2/c1-42(2,3)59(11,12)45(53)34(28-51)57-39(36(45)58-60(13,14)43(4,5)6)50-37-35(46-41(50)56-10)38(52)49(7)40(47-37)48-44(29-18-16-15-17-19-29,30-20-24-32(54-8)25-21-30)31-22-26-33(55-9)27-23-31/h15-28,34,36,39,53H,1-14H3,(H,47,48)/t34-,36+,39-,45+/m1/s1. The molecule has 13 nitrogen and oxygen atoms in total. The lowest BCUT2D eigenvalue weighted by molar-refractivity contribution is -0.124. The van der Waals surface area contributed by atoms with Gasteiger partial charge in [-0.2, -0.15) is 9.97 Å². The van der Waals surface area contributed by atoms with Crippen molar-refractivity contribution in [3.63, 3.8) is 0 Å². The zero-order valence-electron chi connectivity index (χ0n) is 37.4. The second-order valence-electron chi connectivity index (χ2n) is 18.7. The van der Waals surface area contributed by atoms with Crippen LogP contribution < -0.4 is 25.1 Å². The van der Waals surface area contributed by atoms with Crippen molar-refractivity contribution in [2.24, 2.45) is 7.05 Å². The van der Waals surface area contributed by atoms with Crippen LogP contribution >= 0.6 is 0 Å². The average Bonchev–Trinajstić information content (AvgIpc) is 3.72. The van der Waals surface area contributed by atoms with E-state index < -0.39 is 56.2 Å². The van der Waals surface area contributed by atoms with Gasteiger partial charge in [-0.3, -0.25) is 9.36 Å². The van der Waals surface area contributed by atoms with E-state index in [1.54, 1.807) is 25.8 Å². The third kappa shape index (κ3) is 7.17. The molecule has 15 heteroatoms. The number of methoxy groups -OCH3 is 3. The molecular formula is C45H61N5O8Si2. The lowest BCUT2D eigenvalue weighted by Crippen LogP contribution is -2.70. The van der Waals surface area contributed by atoms with Gasteiger partial charge in [0.1, 0.15) is 34.5 Å². The molecule has 4 atom stereocenters. The van der Waals surface area contributed by atoms with Gasteiger partial charge < -0.3 is 38.6 Å². The monoisotopic (exact) mass is 855 g/mol. The van der Waals surface area contributed by atoms with E-state index in [4.69, 9.17) is 28.4 Å². The Labute approximate surface area is 355 Å². The summed E-state index contributed by atoms with van der Waals surface area (Å²) in [4.78, 5) is 37.7. The number of aromatic nitrogens is 4. The number of carbonyl (C=O) groups is 1. The van der Waals surface area contributed by atoms with Gasteiger partial charge in [-0.1, -0.05) is 109 Å². The number of aliphatic hydroxyl groups is 1. The van der Waals surface area contributed by atoms with E-state index in [1.165, 1.54) is 11.7 Å². The number of hydrogen-bond acceptors (Lipinski definition) is 11. The summed E-state index contributed by atoms with van der Waals surface area (Å²) in [5.74, 6) is 1.55. The minimum absolute atomic E-state index is 0.0131. The Morgan fingerprint density at radius 1 is 0.783 bits per heavy atom. The molecule has 5 aromatic rings. The van der Waals surface area contributed by atoms with Crippen LogP contribution in [0.5, 0.6) is 17.5 Å². The van der Waals surface area contributed by atoms with E-state index in [0.29, 0.717) is 17.8 Å². The number of nitrogens with one attached hydrogen (secondary N) is 1. The topological polar surface area (TPSA) is 148 Å². The van der Waals surface area contributed by atoms with E-state index in [0.717, 1.165) is 16.7 Å². The number of carbonyl (C=O) groups excluding carboxylic acids is 1. The van der Waals surface area contributed by atoms with E-state index in [9.17, 15) is 14.7 Å². The number of rotatable bonds is 13. The fraction of sp³-hybridized carbons (Fsp3) is 0.467. The van der Waals surface area contributed by atoms with Crippen molar-refractivity contribution in [1.82, 2.24) is 19.1 Å². The van der Waals surface area contributed by atoms with E-state index in [-0.39, 0.29) is 28.2 Å². The number of anilines is 1. The first-order valence-electron chi connectivity index (χ1n) is 20.2. The maximum Gasteiger partial charge on any atom is 0.300 e. The number of benzene rings is 3. The third-order valence-corrected chi connectivity index (χ3v) is 24.3. The molecule has 0 bridgehead atoms. The minimum atomic E-state index is -2.93. The molecule has 0 amide bonds. The Balaban J connectivity index is 1.66. The van der Waals surface area contributed by atoms with E-state index in [2.05, 4.69) is 78.0 Å². The lowest BCUT2D eigenvalue weighted by atomic mass is 9.77. The van der Waals surface area contributed by atoms with Crippen LogP contribution in [0.25, 0.3) is 11.2 Å². The summed E-state index contributed by atoms with van der Waals surface area (Å²) in [7, 11) is 0.684. The molecule has 322 valence electrons. The molecule has 0 saturated carbocycles. The fourth-order valence-corrected chi connectivity index (χ4v) is 12.2. The minimum Gasteiger partial charge on any atom is -0.497 e. The summed E-state index contributed by atoms with van der Waals surface area (Å²) in [6, 6.07) is 25.4. The summed E-state index contributed by atoms with van der Waals surface area (Å²) in [6.45, 7) is 20.9. The maximum atomic E-state index is 14.6. The highest BCUT2D eigenvalue weighted by Crippen LogP contribution is 2.55. The molecule has 0 aliphatic carbocycles. The van der Waals surface area contributed by atoms with Crippen LogP contribution in [0, 0.1) is 0 Å². The van der Waals surface area contributed by atoms with Crippen molar-refractivity contribution < 1.29 is 33.3 Å². The van der Waals surface area contributed by atoms with Gasteiger partial charge in [0.2, 0.25) is 5.95 Å². The van der Waals surface area contributed by atoms with Gasteiger partial charge in [-0.15, -0.1) is 0 Å². The molecule has 2 N–H and O–H groups in total. The van der Waals surface area contributed by atoms with Crippen LogP contribution in [-0.2, 0) is 26.5 Å².